The number of aromatic nitrogens is 1. The van der Waals surface area contributed by atoms with Crippen LogP contribution in [-0.4, -0.2) is 54.3 Å². The standard InChI is InChI=1S/C13H20N4OS/c14-13(19)11-2-4-15-10-12(11)16-3-1-5-17-6-8-18-9-7-17/h2,4,10,16H,1,3,5-9H2,(H2,14,19). The Balaban J connectivity index is 1.74. The quantitative estimate of drug-likeness (QED) is 0.595. The topological polar surface area (TPSA) is 63.4 Å². The number of anilines is 1. The molecule has 3 N–H and O–H groups in total. The lowest BCUT2D eigenvalue weighted by Crippen LogP contribution is -2.37. The van der Waals surface area contributed by atoms with Crippen LogP contribution >= 0.6 is 12.2 Å². The number of pyridine rings is 1. The van der Waals surface area contributed by atoms with Gasteiger partial charge in [-0.15, -0.1) is 0 Å². The Hall–Kier alpha value is -1.24. The lowest BCUT2D eigenvalue weighted by molar-refractivity contribution is 0.0378. The number of morpholine rings is 1. The summed E-state index contributed by atoms with van der Waals surface area (Å²) >= 11 is 5.02. The molecule has 1 saturated heterocycles. The molecule has 1 aliphatic rings. The van der Waals surface area contributed by atoms with E-state index in [2.05, 4.69) is 15.2 Å². The molecule has 1 aromatic heterocycles. The summed E-state index contributed by atoms with van der Waals surface area (Å²) in [6, 6.07) is 1.84. The van der Waals surface area contributed by atoms with Gasteiger partial charge in [0, 0.05) is 31.4 Å². The molecule has 2 rings (SSSR count). The van der Waals surface area contributed by atoms with E-state index < -0.39 is 0 Å². The van der Waals surface area contributed by atoms with Gasteiger partial charge >= 0.3 is 0 Å². The first-order valence-electron chi connectivity index (χ1n) is 6.55. The summed E-state index contributed by atoms with van der Waals surface area (Å²) in [5, 5.41) is 3.35. The van der Waals surface area contributed by atoms with Gasteiger partial charge in [-0.05, 0) is 19.0 Å². The van der Waals surface area contributed by atoms with E-state index >= 15 is 0 Å². The fourth-order valence-corrected chi connectivity index (χ4v) is 2.28. The predicted molar refractivity (Wildman–Crippen MR) is 80.5 cm³/mol. The molecule has 0 aliphatic carbocycles. The normalized spacial score (nSPS) is 16.2. The number of thiocarbonyl (C=S) groups is 1. The van der Waals surface area contributed by atoms with Crippen molar-refractivity contribution in [2.24, 2.45) is 5.73 Å². The van der Waals surface area contributed by atoms with Gasteiger partial charge in [-0.25, -0.2) is 0 Å². The number of hydrogen-bond acceptors (Lipinski definition) is 5. The van der Waals surface area contributed by atoms with Gasteiger partial charge in [0.05, 0.1) is 25.1 Å². The van der Waals surface area contributed by atoms with E-state index in [1.165, 1.54) is 0 Å². The summed E-state index contributed by atoms with van der Waals surface area (Å²) in [6.07, 6.45) is 4.54. The highest BCUT2D eigenvalue weighted by Crippen LogP contribution is 2.13. The van der Waals surface area contributed by atoms with Gasteiger partial charge in [0.1, 0.15) is 4.99 Å². The van der Waals surface area contributed by atoms with Crippen LogP contribution in [0, 0.1) is 0 Å². The molecule has 0 atom stereocenters. The van der Waals surface area contributed by atoms with Crippen LogP contribution in [-0.2, 0) is 4.74 Å². The van der Waals surface area contributed by atoms with Gasteiger partial charge in [0.15, 0.2) is 0 Å². The zero-order valence-electron chi connectivity index (χ0n) is 11.0. The molecule has 0 spiro atoms. The van der Waals surface area contributed by atoms with E-state index in [1.54, 1.807) is 12.4 Å². The van der Waals surface area contributed by atoms with Crippen molar-refractivity contribution in [3.05, 3.63) is 24.0 Å². The third-order valence-electron chi connectivity index (χ3n) is 3.16. The van der Waals surface area contributed by atoms with Gasteiger partial charge in [-0.2, -0.15) is 0 Å². The molecule has 0 radical (unpaired) electrons. The number of nitrogens with zero attached hydrogens (tertiary/aromatic N) is 2. The van der Waals surface area contributed by atoms with Crippen molar-refractivity contribution in [2.45, 2.75) is 6.42 Å². The van der Waals surface area contributed by atoms with Gasteiger partial charge in [-0.3, -0.25) is 9.88 Å². The van der Waals surface area contributed by atoms with E-state index in [9.17, 15) is 0 Å². The Morgan fingerprint density at radius 1 is 1.47 bits per heavy atom. The Kier molecular flexibility index (Phi) is 5.50. The number of rotatable bonds is 6. The Bertz CT molecular complexity index is 421. The predicted octanol–water partition coefficient (Wildman–Crippen LogP) is 0.850. The Labute approximate surface area is 119 Å². The van der Waals surface area contributed by atoms with Gasteiger partial charge < -0.3 is 15.8 Å². The number of nitrogens with one attached hydrogen (secondary N) is 1. The zero-order chi connectivity index (χ0) is 13.5. The van der Waals surface area contributed by atoms with E-state index in [-0.39, 0.29) is 0 Å². The average Bonchev–Trinajstić information content (AvgIpc) is 2.45. The van der Waals surface area contributed by atoms with Crippen LogP contribution < -0.4 is 11.1 Å². The molecule has 0 aromatic carbocycles. The second-order valence-corrected chi connectivity index (χ2v) is 4.96. The van der Waals surface area contributed by atoms with Crippen molar-refractivity contribution in [2.75, 3.05) is 44.7 Å². The Morgan fingerprint density at radius 2 is 2.26 bits per heavy atom. The van der Waals surface area contributed by atoms with Gasteiger partial charge in [0.2, 0.25) is 0 Å². The minimum Gasteiger partial charge on any atom is -0.389 e. The molecular weight excluding hydrogens is 260 g/mol. The maximum Gasteiger partial charge on any atom is 0.106 e. The van der Waals surface area contributed by atoms with Crippen molar-refractivity contribution in [3.8, 4) is 0 Å². The molecule has 104 valence electrons. The number of nitrogens with two attached hydrogens (primary N) is 1. The van der Waals surface area contributed by atoms with Crippen LogP contribution in [0.3, 0.4) is 0 Å². The largest absolute Gasteiger partial charge is 0.389 e. The third kappa shape index (κ3) is 4.41. The van der Waals surface area contributed by atoms with Crippen molar-refractivity contribution < 1.29 is 4.74 Å². The molecule has 0 amide bonds. The van der Waals surface area contributed by atoms with Crippen molar-refractivity contribution >= 4 is 22.9 Å². The maximum atomic E-state index is 5.68. The monoisotopic (exact) mass is 280 g/mol. The Morgan fingerprint density at radius 3 is 3.00 bits per heavy atom. The average molecular weight is 280 g/mol. The van der Waals surface area contributed by atoms with Crippen molar-refractivity contribution in [1.29, 1.82) is 0 Å². The third-order valence-corrected chi connectivity index (χ3v) is 3.38. The lowest BCUT2D eigenvalue weighted by Gasteiger charge is -2.26. The molecule has 0 bridgehead atoms. The molecule has 1 fully saturated rings. The molecule has 6 heteroatoms. The first-order chi connectivity index (χ1) is 9.27. The first-order valence-corrected chi connectivity index (χ1v) is 6.96. The number of hydrogen-bond donors (Lipinski definition) is 2. The van der Waals surface area contributed by atoms with Crippen LogP contribution in [0.25, 0.3) is 0 Å². The molecule has 1 aliphatic heterocycles. The van der Waals surface area contributed by atoms with Crippen LogP contribution in [0.15, 0.2) is 18.5 Å². The fraction of sp³-hybridized carbons (Fsp3) is 0.538. The minimum atomic E-state index is 0.401. The smallest absolute Gasteiger partial charge is 0.106 e. The zero-order valence-corrected chi connectivity index (χ0v) is 11.8. The van der Waals surface area contributed by atoms with Crippen LogP contribution in [0.2, 0.25) is 0 Å². The summed E-state index contributed by atoms with van der Waals surface area (Å²) in [5.41, 5.74) is 7.45. The molecule has 0 saturated carbocycles. The summed E-state index contributed by atoms with van der Waals surface area (Å²) in [7, 11) is 0. The number of ether oxygens (including phenoxy) is 1. The minimum absolute atomic E-state index is 0.401. The molecule has 5 nitrogen and oxygen atoms in total. The van der Waals surface area contributed by atoms with Crippen LogP contribution in [0.5, 0.6) is 0 Å². The second-order valence-electron chi connectivity index (χ2n) is 4.52. The molecule has 2 heterocycles. The highest BCUT2D eigenvalue weighted by molar-refractivity contribution is 7.80. The molecular formula is C13H20N4OS. The summed E-state index contributed by atoms with van der Waals surface area (Å²) in [5.74, 6) is 0. The van der Waals surface area contributed by atoms with Gasteiger partial charge in [-0.1, -0.05) is 12.2 Å². The summed E-state index contributed by atoms with van der Waals surface area (Å²) in [6.45, 7) is 5.73. The van der Waals surface area contributed by atoms with Crippen molar-refractivity contribution in [1.82, 2.24) is 9.88 Å². The van der Waals surface area contributed by atoms with E-state index in [0.29, 0.717) is 4.99 Å². The highest BCUT2D eigenvalue weighted by atomic mass is 32.1. The highest BCUT2D eigenvalue weighted by Gasteiger charge is 2.09. The molecule has 1 aromatic rings. The lowest BCUT2D eigenvalue weighted by atomic mass is 10.2. The van der Waals surface area contributed by atoms with Crippen LogP contribution in [0.4, 0.5) is 5.69 Å². The SMILES string of the molecule is NC(=S)c1ccncc1NCCCN1CCOCC1. The van der Waals surface area contributed by atoms with E-state index in [4.69, 9.17) is 22.7 Å². The first kappa shape index (κ1) is 14.2. The summed E-state index contributed by atoms with van der Waals surface area (Å²) < 4.78 is 5.32. The van der Waals surface area contributed by atoms with Crippen LogP contribution in [0.1, 0.15) is 12.0 Å². The van der Waals surface area contributed by atoms with Crippen molar-refractivity contribution in [3.63, 3.8) is 0 Å². The van der Waals surface area contributed by atoms with Gasteiger partial charge in [0.25, 0.3) is 0 Å². The van der Waals surface area contributed by atoms with E-state index in [1.807, 2.05) is 6.07 Å². The fourth-order valence-electron chi connectivity index (χ4n) is 2.10. The second kappa shape index (κ2) is 7.37. The van der Waals surface area contributed by atoms with E-state index in [0.717, 1.165) is 57.1 Å². The molecule has 0 unspecified atom stereocenters. The molecule has 19 heavy (non-hydrogen) atoms. The maximum absolute atomic E-state index is 5.68. The summed E-state index contributed by atoms with van der Waals surface area (Å²) in [4.78, 5) is 6.91.